The Morgan fingerprint density at radius 2 is 1.95 bits per heavy atom. The van der Waals surface area contributed by atoms with E-state index in [1.165, 1.54) is 25.7 Å². The molecule has 5 nitrogen and oxygen atoms in total. The molecule has 1 aliphatic rings. The molecular formula is C16H20ClN5. The van der Waals surface area contributed by atoms with E-state index < -0.39 is 0 Å². The molecule has 0 bridgehead atoms. The summed E-state index contributed by atoms with van der Waals surface area (Å²) in [7, 11) is 0. The van der Waals surface area contributed by atoms with Gasteiger partial charge in [0, 0.05) is 6.04 Å². The van der Waals surface area contributed by atoms with Gasteiger partial charge in [-0.1, -0.05) is 30.5 Å². The van der Waals surface area contributed by atoms with Crippen LogP contribution in [0, 0.1) is 13.8 Å². The lowest BCUT2D eigenvalue weighted by atomic mass is 10.1. The SMILES string of the molecule is Cc1cc(C)c(Nc2cnnc(NC3CCCC3)n2)c(Cl)c1. The van der Waals surface area contributed by atoms with E-state index in [4.69, 9.17) is 11.6 Å². The summed E-state index contributed by atoms with van der Waals surface area (Å²) >= 11 is 6.32. The normalized spacial score (nSPS) is 15.0. The number of nitrogens with zero attached hydrogens (tertiary/aromatic N) is 3. The van der Waals surface area contributed by atoms with E-state index in [1.807, 2.05) is 19.9 Å². The summed E-state index contributed by atoms with van der Waals surface area (Å²) in [5, 5.41) is 15.4. The Kier molecular flexibility index (Phi) is 4.43. The maximum Gasteiger partial charge on any atom is 0.244 e. The molecule has 2 N–H and O–H groups in total. The number of aromatic nitrogens is 3. The quantitative estimate of drug-likeness (QED) is 0.883. The molecule has 0 amide bonds. The minimum absolute atomic E-state index is 0.460. The van der Waals surface area contributed by atoms with Crippen LogP contribution in [0.4, 0.5) is 17.5 Å². The van der Waals surface area contributed by atoms with Crippen molar-refractivity contribution in [2.75, 3.05) is 10.6 Å². The molecule has 3 rings (SSSR count). The Morgan fingerprint density at radius 1 is 1.18 bits per heavy atom. The molecule has 1 saturated carbocycles. The Bertz CT molecular complexity index is 644. The maximum absolute atomic E-state index is 6.32. The van der Waals surface area contributed by atoms with Crippen LogP contribution in [0.3, 0.4) is 0 Å². The third kappa shape index (κ3) is 3.47. The second kappa shape index (κ2) is 6.48. The molecule has 22 heavy (non-hydrogen) atoms. The molecule has 6 heteroatoms. The van der Waals surface area contributed by atoms with Crippen LogP contribution in [0.2, 0.25) is 5.02 Å². The highest BCUT2D eigenvalue weighted by atomic mass is 35.5. The van der Waals surface area contributed by atoms with Gasteiger partial charge in [0.1, 0.15) is 0 Å². The maximum atomic E-state index is 6.32. The molecule has 2 aromatic rings. The molecular weight excluding hydrogens is 298 g/mol. The molecule has 1 aliphatic carbocycles. The highest BCUT2D eigenvalue weighted by molar-refractivity contribution is 6.33. The van der Waals surface area contributed by atoms with Crippen molar-refractivity contribution in [2.24, 2.45) is 0 Å². The van der Waals surface area contributed by atoms with Crippen molar-refractivity contribution in [3.05, 3.63) is 34.5 Å². The van der Waals surface area contributed by atoms with Gasteiger partial charge in [-0.15, -0.1) is 5.10 Å². The summed E-state index contributed by atoms with van der Waals surface area (Å²) in [6, 6.07) is 4.48. The van der Waals surface area contributed by atoms with Crippen molar-refractivity contribution in [3.8, 4) is 0 Å². The fourth-order valence-corrected chi connectivity index (χ4v) is 3.25. The fourth-order valence-electron chi connectivity index (χ4n) is 2.88. The van der Waals surface area contributed by atoms with Crippen LogP contribution in [-0.4, -0.2) is 21.2 Å². The Hall–Kier alpha value is -1.88. The third-order valence-electron chi connectivity index (χ3n) is 3.93. The van der Waals surface area contributed by atoms with E-state index in [-0.39, 0.29) is 0 Å². The average Bonchev–Trinajstić information content (AvgIpc) is 2.96. The van der Waals surface area contributed by atoms with E-state index in [2.05, 4.69) is 31.9 Å². The minimum Gasteiger partial charge on any atom is -0.350 e. The van der Waals surface area contributed by atoms with Crippen LogP contribution in [-0.2, 0) is 0 Å². The van der Waals surface area contributed by atoms with Gasteiger partial charge in [0.15, 0.2) is 5.82 Å². The van der Waals surface area contributed by atoms with Crippen molar-refractivity contribution in [2.45, 2.75) is 45.6 Å². The Balaban J connectivity index is 1.78. The topological polar surface area (TPSA) is 62.7 Å². The van der Waals surface area contributed by atoms with Crippen LogP contribution in [0.1, 0.15) is 36.8 Å². The molecule has 0 unspecified atom stereocenters. The lowest BCUT2D eigenvalue weighted by Crippen LogP contribution is -2.17. The summed E-state index contributed by atoms with van der Waals surface area (Å²) in [4.78, 5) is 4.48. The second-order valence-electron chi connectivity index (χ2n) is 5.85. The van der Waals surface area contributed by atoms with E-state index in [1.54, 1.807) is 6.20 Å². The predicted molar refractivity (Wildman–Crippen MR) is 89.9 cm³/mol. The lowest BCUT2D eigenvalue weighted by molar-refractivity contribution is 0.738. The number of aryl methyl sites for hydroxylation is 2. The average molecular weight is 318 g/mol. The smallest absolute Gasteiger partial charge is 0.244 e. The van der Waals surface area contributed by atoms with Gasteiger partial charge in [-0.05, 0) is 43.9 Å². The lowest BCUT2D eigenvalue weighted by Gasteiger charge is -2.14. The van der Waals surface area contributed by atoms with Crippen LogP contribution in [0.5, 0.6) is 0 Å². The largest absolute Gasteiger partial charge is 0.350 e. The summed E-state index contributed by atoms with van der Waals surface area (Å²) < 4.78 is 0. The molecule has 1 aromatic heterocycles. The van der Waals surface area contributed by atoms with Crippen LogP contribution < -0.4 is 10.6 Å². The first-order valence-electron chi connectivity index (χ1n) is 7.62. The number of nitrogens with one attached hydrogen (secondary N) is 2. The number of halogens is 1. The summed E-state index contributed by atoms with van der Waals surface area (Å²) in [5.74, 6) is 1.21. The van der Waals surface area contributed by atoms with Crippen molar-refractivity contribution in [1.82, 2.24) is 15.2 Å². The van der Waals surface area contributed by atoms with Gasteiger partial charge in [-0.2, -0.15) is 10.1 Å². The first-order valence-corrected chi connectivity index (χ1v) is 7.99. The summed E-state index contributed by atoms with van der Waals surface area (Å²) in [6.07, 6.45) is 6.48. The van der Waals surface area contributed by atoms with E-state index in [0.717, 1.165) is 16.8 Å². The highest BCUT2D eigenvalue weighted by Crippen LogP contribution is 2.29. The Morgan fingerprint density at radius 3 is 2.68 bits per heavy atom. The van der Waals surface area contributed by atoms with Crippen molar-refractivity contribution < 1.29 is 0 Å². The van der Waals surface area contributed by atoms with Gasteiger partial charge in [-0.3, -0.25) is 0 Å². The molecule has 0 saturated heterocycles. The number of hydrogen-bond donors (Lipinski definition) is 2. The van der Waals surface area contributed by atoms with Crippen molar-refractivity contribution in [3.63, 3.8) is 0 Å². The predicted octanol–water partition coefficient (Wildman–Crippen LogP) is 4.24. The zero-order chi connectivity index (χ0) is 15.5. The van der Waals surface area contributed by atoms with Gasteiger partial charge in [0.05, 0.1) is 16.9 Å². The first kappa shape index (κ1) is 15.0. The summed E-state index contributed by atoms with van der Waals surface area (Å²) in [6.45, 7) is 4.05. The molecule has 0 radical (unpaired) electrons. The second-order valence-corrected chi connectivity index (χ2v) is 6.26. The molecule has 0 aliphatic heterocycles. The molecule has 116 valence electrons. The van der Waals surface area contributed by atoms with Crippen molar-refractivity contribution >= 4 is 29.1 Å². The van der Waals surface area contributed by atoms with E-state index in [9.17, 15) is 0 Å². The monoisotopic (exact) mass is 317 g/mol. The van der Waals surface area contributed by atoms with Crippen LogP contribution >= 0.6 is 11.6 Å². The molecule has 1 aromatic carbocycles. The van der Waals surface area contributed by atoms with Crippen molar-refractivity contribution in [1.29, 1.82) is 0 Å². The number of benzene rings is 1. The van der Waals surface area contributed by atoms with E-state index in [0.29, 0.717) is 22.8 Å². The molecule has 0 atom stereocenters. The van der Waals surface area contributed by atoms with Gasteiger partial charge in [-0.25, -0.2) is 0 Å². The van der Waals surface area contributed by atoms with Crippen LogP contribution in [0.25, 0.3) is 0 Å². The highest BCUT2D eigenvalue weighted by Gasteiger charge is 2.16. The van der Waals surface area contributed by atoms with Gasteiger partial charge in [0.25, 0.3) is 0 Å². The van der Waals surface area contributed by atoms with Gasteiger partial charge < -0.3 is 10.6 Å². The third-order valence-corrected chi connectivity index (χ3v) is 4.23. The molecule has 1 fully saturated rings. The standard InChI is InChI=1S/C16H20ClN5/c1-10-7-11(2)15(13(17)8-10)20-14-9-18-22-16(21-14)19-12-5-3-4-6-12/h7-9,12H,3-6H2,1-2H3,(H2,19,20,21,22). The summed E-state index contributed by atoms with van der Waals surface area (Å²) in [5.41, 5.74) is 3.07. The van der Waals surface area contributed by atoms with E-state index >= 15 is 0 Å². The minimum atomic E-state index is 0.460. The number of anilines is 3. The molecule has 0 spiro atoms. The molecule has 1 heterocycles. The Labute approximate surface area is 135 Å². The fraction of sp³-hybridized carbons (Fsp3) is 0.438. The van der Waals surface area contributed by atoms with Crippen LogP contribution in [0.15, 0.2) is 18.3 Å². The van der Waals surface area contributed by atoms with Gasteiger partial charge in [0.2, 0.25) is 5.95 Å². The zero-order valence-corrected chi connectivity index (χ0v) is 13.6. The first-order chi connectivity index (χ1) is 10.6. The number of rotatable bonds is 4. The number of hydrogen-bond acceptors (Lipinski definition) is 5. The van der Waals surface area contributed by atoms with Gasteiger partial charge >= 0.3 is 0 Å². The zero-order valence-electron chi connectivity index (χ0n) is 12.9.